The molecule has 4 rings (SSSR count). The van der Waals surface area contributed by atoms with Crippen LogP contribution in [0.3, 0.4) is 0 Å². The third-order valence-corrected chi connectivity index (χ3v) is 8.58. The molecule has 0 aromatic carbocycles. The van der Waals surface area contributed by atoms with Crippen molar-refractivity contribution in [1.82, 2.24) is 24.4 Å². The molecule has 9 nitrogen and oxygen atoms in total. The van der Waals surface area contributed by atoms with Gasteiger partial charge in [-0.05, 0) is 37.1 Å². The van der Waals surface area contributed by atoms with Crippen LogP contribution >= 0.6 is 0 Å². The van der Waals surface area contributed by atoms with Gasteiger partial charge in [-0.2, -0.15) is 20.2 Å². The summed E-state index contributed by atoms with van der Waals surface area (Å²) in [5.74, 6) is 1.38. The number of rotatable bonds is 9. The summed E-state index contributed by atoms with van der Waals surface area (Å²) in [6.45, 7) is 7.71. The highest BCUT2D eigenvalue weighted by Gasteiger charge is 2.37. The molecule has 1 N–H and O–H groups in total. The van der Waals surface area contributed by atoms with Crippen molar-refractivity contribution in [3.05, 3.63) is 30.5 Å². The van der Waals surface area contributed by atoms with Gasteiger partial charge in [-0.15, -0.1) is 9.80 Å². The van der Waals surface area contributed by atoms with Gasteiger partial charge in [-0.3, -0.25) is 4.68 Å². The average Bonchev–Trinajstić information content (AvgIpc) is 3.51. The topological polar surface area (TPSA) is 109 Å². The number of oxime groups is 1. The Kier molecular flexibility index (Phi) is 6.98. The minimum atomic E-state index is -1.20. The van der Waals surface area contributed by atoms with Crippen LogP contribution in [0.5, 0.6) is 0 Å². The minimum absolute atomic E-state index is 0.0211. The SMILES string of the molecule is C[N+]1(OCC[Si](C)(C)C)C=Cc2c(-c3cnn(C(CC#N)C4CCC(/C=N/O)C4)c3)ncnc21. The number of nitrogens with zero attached hydrogens (tertiary/aromatic N) is 7. The molecule has 1 fully saturated rings. The van der Waals surface area contributed by atoms with Gasteiger partial charge in [0.25, 0.3) is 5.82 Å². The number of nitriles is 1. The van der Waals surface area contributed by atoms with Crippen LogP contribution in [0.2, 0.25) is 25.7 Å². The first kappa shape index (κ1) is 24.3. The molecule has 2 aliphatic rings. The molecule has 10 heteroatoms. The quantitative estimate of drug-likeness (QED) is 0.180. The van der Waals surface area contributed by atoms with E-state index >= 15 is 0 Å². The van der Waals surface area contributed by atoms with Gasteiger partial charge in [0.2, 0.25) is 0 Å². The first-order valence-electron chi connectivity index (χ1n) is 11.9. The van der Waals surface area contributed by atoms with Crippen LogP contribution in [0.15, 0.2) is 30.1 Å². The molecule has 2 aromatic rings. The van der Waals surface area contributed by atoms with Crippen LogP contribution in [0, 0.1) is 23.2 Å². The summed E-state index contributed by atoms with van der Waals surface area (Å²) in [5, 5.41) is 26.2. The lowest BCUT2D eigenvalue weighted by molar-refractivity contribution is -0.0852. The zero-order valence-electron chi connectivity index (χ0n) is 20.4. The summed E-state index contributed by atoms with van der Waals surface area (Å²) in [6.07, 6.45) is 14.2. The Balaban J connectivity index is 1.56. The Hall–Kier alpha value is -2.87. The van der Waals surface area contributed by atoms with E-state index < -0.39 is 8.07 Å². The summed E-state index contributed by atoms with van der Waals surface area (Å²) in [5.41, 5.74) is 2.65. The third-order valence-electron chi connectivity index (χ3n) is 6.87. The largest absolute Gasteiger partial charge is 0.411 e. The second-order valence-corrected chi connectivity index (χ2v) is 16.3. The Morgan fingerprint density at radius 3 is 2.94 bits per heavy atom. The molecule has 0 saturated heterocycles. The normalized spacial score (nSPS) is 25.0. The number of quaternary nitrogens is 1. The number of hydrogen-bond donors (Lipinski definition) is 1. The Labute approximate surface area is 201 Å². The maximum atomic E-state index is 9.46. The summed E-state index contributed by atoms with van der Waals surface area (Å²) in [4.78, 5) is 15.4. The fourth-order valence-electron chi connectivity index (χ4n) is 4.90. The summed E-state index contributed by atoms with van der Waals surface area (Å²) in [6, 6.07) is 3.39. The third kappa shape index (κ3) is 5.11. The fraction of sp³-hybridized carbons (Fsp3) is 0.542. The van der Waals surface area contributed by atoms with Gasteiger partial charge in [-0.25, -0.2) is 4.98 Å². The van der Waals surface area contributed by atoms with E-state index in [4.69, 9.17) is 10.0 Å². The van der Waals surface area contributed by atoms with E-state index in [-0.39, 0.29) is 16.6 Å². The predicted octanol–water partition coefficient (Wildman–Crippen LogP) is 4.86. The minimum Gasteiger partial charge on any atom is -0.411 e. The molecule has 2 aromatic heterocycles. The summed E-state index contributed by atoms with van der Waals surface area (Å²) >= 11 is 0. The zero-order valence-corrected chi connectivity index (χ0v) is 21.4. The highest BCUT2D eigenvalue weighted by molar-refractivity contribution is 6.76. The number of hydrogen-bond acceptors (Lipinski definition) is 7. The molecule has 0 bridgehead atoms. The average molecular weight is 481 g/mol. The van der Waals surface area contributed by atoms with Crippen molar-refractivity contribution in [3.8, 4) is 17.3 Å². The van der Waals surface area contributed by atoms with Crippen LogP contribution in [0.1, 0.15) is 37.3 Å². The zero-order chi connectivity index (χ0) is 24.3. The molecule has 4 atom stereocenters. The van der Waals surface area contributed by atoms with Gasteiger partial charge in [0.1, 0.15) is 26.2 Å². The van der Waals surface area contributed by atoms with Crippen molar-refractivity contribution in [2.45, 2.75) is 57.4 Å². The molecule has 0 amide bonds. The molecule has 1 aliphatic carbocycles. The molecule has 1 saturated carbocycles. The van der Waals surface area contributed by atoms with Gasteiger partial charge in [0.05, 0.1) is 36.0 Å². The maximum absolute atomic E-state index is 9.46. The molecular formula is C24H34N7O2Si+. The van der Waals surface area contributed by atoms with Crippen LogP contribution in [0.25, 0.3) is 17.3 Å². The first-order valence-corrected chi connectivity index (χ1v) is 15.6. The van der Waals surface area contributed by atoms with E-state index in [2.05, 4.69) is 45.9 Å². The highest BCUT2D eigenvalue weighted by Crippen LogP contribution is 2.41. The van der Waals surface area contributed by atoms with E-state index in [1.54, 1.807) is 12.5 Å². The standard InChI is InChI=1S/C24H33N7O2Si/c1-31(33-11-12-34(2,3)4)10-8-21-23(26-17-27-24(21)31)20-15-28-30(16-20)22(7-9-25)19-6-5-18(13-19)14-29-32/h8,10,14-19,22H,5-7,11-13H2,1-4H3/p+1/b29-14+. The van der Waals surface area contributed by atoms with Crippen LogP contribution in [0.4, 0.5) is 5.82 Å². The van der Waals surface area contributed by atoms with Crippen molar-refractivity contribution in [3.63, 3.8) is 0 Å². The summed E-state index contributed by atoms with van der Waals surface area (Å²) < 4.78 is 2.11. The van der Waals surface area contributed by atoms with Crippen LogP contribution < -0.4 is 4.65 Å². The molecule has 4 unspecified atom stereocenters. The van der Waals surface area contributed by atoms with Crippen molar-refractivity contribution >= 4 is 26.2 Å². The Morgan fingerprint density at radius 1 is 1.38 bits per heavy atom. The van der Waals surface area contributed by atoms with Crippen molar-refractivity contribution < 1.29 is 10.0 Å². The van der Waals surface area contributed by atoms with E-state index in [9.17, 15) is 5.26 Å². The molecular weight excluding hydrogens is 446 g/mol. The van der Waals surface area contributed by atoms with Gasteiger partial charge in [0.15, 0.2) is 0 Å². The lowest BCUT2D eigenvalue weighted by atomic mass is 9.95. The molecule has 0 radical (unpaired) electrons. The van der Waals surface area contributed by atoms with Gasteiger partial charge >= 0.3 is 0 Å². The Morgan fingerprint density at radius 2 is 2.21 bits per heavy atom. The van der Waals surface area contributed by atoms with E-state index in [0.717, 1.165) is 47.9 Å². The fourth-order valence-corrected chi connectivity index (χ4v) is 5.60. The number of hydroxylamine groups is 2. The molecule has 0 spiro atoms. The maximum Gasteiger partial charge on any atom is 0.276 e. The monoisotopic (exact) mass is 480 g/mol. The van der Waals surface area contributed by atoms with Crippen molar-refractivity contribution in [1.29, 1.82) is 5.26 Å². The second kappa shape index (κ2) is 9.78. The van der Waals surface area contributed by atoms with Crippen molar-refractivity contribution in [2.75, 3.05) is 13.7 Å². The van der Waals surface area contributed by atoms with E-state index in [1.165, 1.54) is 0 Å². The van der Waals surface area contributed by atoms with Crippen molar-refractivity contribution in [2.24, 2.45) is 17.0 Å². The smallest absolute Gasteiger partial charge is 0.276 e. The molecule has 34 heavy (non-hydrogen) atoms. The van der Waals surface area contributed by atoms with Crippen LogP contribution in [-0.2, 0) is 4.84 Å². The molecule has 3 heterocycles. The molecule has 1 aliphatic heterocycles. The van der Waals surface area contributed by atoms with E-state index in [1.807, 2.05) is 36.4 Å². The second-order valence-electron chi connectivity index (χ2n) is 10.6. The predicted molar refractivity (Wildman–Crippen MR) is 134 cm³/mol. The molecule has 180 valence electrons. The Bertz CT molecular complexity index is 1120. The van der Waals surface area contributed by atoms with Gasteiger partial charge < -0.3 is 5.21 Å². The van der Waals surface area contributed by atoms with E-state index in [0.29, 0.717) is 18.9 Å². The highest BCUT2D eigenvalue weighted by atomic mass is 28.3. The number of aromatic nitrogens is 4. The lowest BCUT2D eigenvalue weighted by Gasteiger charge is -2.25. The van der Waals surface area contributed by atoms with Crippen LogP contribution in [-0.4, -0.2) is 52.9 Å². The van der Waals surface area contributed by atoms with Gasteiger partial charge in [-0.1, -0.05) is 19.6 Å². The number of fused-ring (bicyclic) bond motifs is 1. The first-order chi connectivity index (χ1) is 16.2. The summed E-state index contributed by atoms with van der Waals surface area (Å²) in [7, 11) is 0.804. The van der Waals surface area contributed by atoms with Gasteiger partial charge in [0, 0.05) is 32.1 Å². The lowest BCUT2D eigenvalue weighted by Crippen LogP contribution is -2.40.